The maximum atomic E-state index is 12.5. The SMILES string of the molecule is Cc1csc2nc(COC(=O)CCn3cnc4ccc(Br)cc4c3=O)cc(=O)n12. The molecule has 0 radical (unpaired) electrons. The van der Waals surface area contributed by atoms with E-state index < -0.39 is 5.97 Å². The summed E-state index contributed by atoms with van der Waals surface area (Å²) < 4.78 is 8.88. The Morgan fingerprint density at radius 3 is 2.93 bits per heavy atom. The highest BCUT2D eigenvalue weighted by atomic mass is 79.9. The van der Waals surface area contributed by atoms with Crippen LogP contribution in [0, 0.1) is 6.92 Å². The summed E-state index contributed by atoms with van der Waals surface area (Å²) >= 11 is 4.69. The first-order valence-corrected chi connectivity index (χ1v) is 10.4. The van der Waals surface area contributed by atoms with Crippen molar-refractivity contribution in [3.8, 4) is 0 Å². The second-order valence-electron chi connectivity index (χ2n) is 6.40. The van der Waals surface area contributed by atoms with Crippen LogP contribution in [0.3, 0.4) is 0 Å². The molecule has 3 heterocycles. The van der Waals surface area contributed by atoms with Gasteiger partial charge in [-0.2, -0.15) is 0 Å². The van der Waals surface area contributed by atoms with E-state index in [9.17, 15) is 14.4 Å². The Kier molecular flexibility index (Phi) is 5.29. The van der Waals surface area contributed by atoms with Crippen LogP contribution < -0.4 is 11.1 Å². The average molecular weight is 475 g/mol. The van der Waals surface area contributed by atoms with Gasteiger partial charge in [0.05, 0.1) is 29.3 Å². The highest BCUT2D eigenvalue weighted by Gasteiger charge is 2.11. The van der Waals surface area contributed by atoms with Gasteiger partial charge < -0.3 is 4.74 Å². The number of thiazole rings is 1. The first kappa shape index (κ1) is 19.5. The Morgan fingerprint density at radius 1 is 1.28 bits per heavy atom. The molecule has 0 amide bonds. The minimum atomic E-state index is -0.490. The number of carbonyl (C=O) groups excluding carboxylic acids is 1. The van der Waals surface area contributed by atoms with Crippen LogP contribution in [0.15, 0.2) is 50.0 Å². The molecule has 4 aromatic rings. The number of carbonyl (C=O) groups is 1. The van der Waals surface area contributed by atoms with Crippen molar-refractivity contribution in [3.63, 3.8) is 0 Å². The minimum absolute atomic E-state index is 0.000430. The van der Waals surface area contributed by atoms with Crippen LogP contribution in [0.5, 0.6) is 0 Å². The molecule has 0 saturated heterocycles. The summed E-state index contributed by atoms with van der Waals surface area (Å²) in [4.78, 5) is 45.9. The van der Waals surface area contributed by atoms with Crippen molar-refractivity contribution in [1.82, 2.24) is 18.9 Å². The van der Waals surface area contributed by atoms with E-state index in [1.54, 1.807) is 12.1 Å². The number of hydrogen-bond donors (Lipinski definition) is 0. The zero-order valence-electron chi connectivity index (χ0n) is 15.3. The fourth-order valence-electron chi connectivity index (χ4n) is 2.90. The van der Waals surface area contributed by atoms with Gasteiger partial charge in [-0.15, -0.1) is 11.3 Å². The van der Waals surface area contributed by atoms with Crippen LogP contribution in [0.4, 0.5) is 0 Å². The quantitative estimate of drug-likeness (QED) is 0.412. The van der Waals surface area contributed by atoms with Crippen molar-refractivity contribution < 1.29 is 9.53 Å². The van der Waals surface area contributed by atoms with Gasteiger partial charge in [0.15, 0.2) is 4.96 Å². The summed E-state index contributed by atoms with van der Waals surface area (Å²) in [6, 6.07) is 6.62. The number of halogens is 1. The number of nitrogens with zero attached hydrogens (tertiary/aromatic N) is 4. The standard InChI is InChI=1S/C19H15BrN4O4S/c1-11-9-29-19-22-13(7-16(25)24(11)19)8-28-17(26)4-5-23-10-21-15-3-2-12(20)6-14(15)18(23)27/h2-3,6-7,9-10H,4-5,8H2,1H3. The molecule has 0 spiro atoms. The zero-order chi connectivity index (χ0) is 20.5. The van der Waals surface area contributed by atoms with Crippen LogP contribution in [-0.4, -0.2) is 24.9 Å². The monoisotopic (exact) mass is 474 g/mol. The fraction of sp³-hybridized carbons (Fsp3) is 0.211. The van der Waals surface area contributed by atoms with Crippen molar-refractivity contribution >= 4 is 49.1 Å². The number of benzene rings is 1. The number of fused-ring (bicyclic) bond motifs is 2. The van der Waals surface area contributed by atoms with Crippen molar-refractivity contribution in [2.75, 3.05) is 0 Å². The molecular weight excluding hydrogens is 460 g/mol. The lowest BCUT2D eigenvalue weighted by Gasteiger charge is -2.07. The highest BCUT2D eigenvalue weighted by molar-refractivity contribution is 9.10. The number of hydrogen-bond acceptors (Lipinski definition) is 7. The predicted octanol–water partition coefficient (Wildman–Crippen LogP) is 2.67. The summed E-state index contributed by atoms with van der Waals surface area (Å²) in [6.45, 7) is 1.88. The molecule has 1 aromatic carbocycles. The van der Waals surface area contributed by atoms with E-state index in [1.807, 2.05) is 18.4 Å². The highest BCUT2D eigenvalue weighted by Crippen LogP contribution is 2.15. The maximum Gasteiger partial charge on any atom is 0.307 e. The number of esters is 1. The maximum absolute atomic E-state index is 12.5. The summed E-state index contributed by atoms with van der Waals surface area (Å²) in [6.07, 6.45) is 1.42. The summed E-state index contributed by atoms with van der Waals surface area (Å²) in [5, 5.41) is 2.31. The van der Waals surface area contributed by atoms with E-state index in [-0.39, 0.29) is 30.7 Å². The molecule has 0 aliphatic rings. The third-order valence-electron chi connectivity index (χ3n) is 4.35. The third-order valence-corrected chi connectivity index (χ3v) is 5.79. The van der Waals surface area contributed by atoms with Crippen LogP contribution in [0.25, 0.3) is 15.9 Å². The molecule has 0 bridgehead atoms. The lowest BCUT2D eigenvalue weighted by Crippen LogP contribution is -2.22. The van der Waals surface area contributed by atoms with Crippen molar-refractivity contribution in [2.24, 2.45) is 0 Å². The first-order valence-electron chi connectivity index (χ1n) is 8.69. The average Bonchev–Trinajstić information content (AvgIpc) is 3.07. The molecule has 3 aromatic heterocycles. The van der Waals surface area contributed by atoms with Gasteiger partial charge >= 0.3 is 5.97 Å². The molecule has 0 atom stereocenters. The van der Waals surface area contributed by atoms with Crippen LogP contribution in [-0.2, 0) is 22.7 Å². The van der Waals surface area contributed by atoms with E-state index in [2.05, 4.69) is 25.9 Å². The molecule has 0 unspecified atom stereocenters. The van der Waals surface area contributed by atoms with Gasteiger partial charge in [0.1, 0.15) is 6.61 Å². The number of aromatic nitrogens is 4. The Labute approximate surface area is 176 Å². The smallest absolute Gasteiger partial charge is 0.307 e. The molecule has 4 rings (SSSR count). The number of rotatable bonds is 5. The van der Waals surface area contributed by atoms with Crippen LogP contribution in [0.2, 0.25) is 0 Å². The number of aryl methyl sites for hydroxylation is 2. The first-order chi connectivity index (χ1) is 13.9. The summed E-state index contributed by atoms with van der Waals surface area (Å²) in [5.41, 5.74) is 1.36. The summed E-state index contributed by atoms with van der Waals surface area (Å²) in [7, 11) is 0. The van der Waals surface area contributed by atoms with Crippen LogP contribution >= 0.6 is 27.3 Å². The van der Waals surface area contributed by atoms with E-state index in [4.69, 9.17) is 4.74 Å². The van der Waals surface area contributed by atoms with Crippen molar-refractivity contribution in [2.45, 2.75) is 26.5 Å². The van der Waals surface area contributed by atoms with E-state index in [0.29, 0.717) is 21.6 Å². The topological polar surface area (TPSA) is 95.6 Å². The van der Waals surface area contributed by atoms with Gasteiger partial charge in [-0.05, 0) is 25.1 Å². The molecule has 0 aliphatic carbocycles. The van der Waals surface area contributed by atoms with Gasteiger partial charge in [0.25, 0.3) is 11.1 Å². The van der Waals surface area contributed by atoms with Gasteiger partial charge in [-0.25, -0.2) is 9.97 Å². The normalized spacial score (nSPS) is 11.2. The molecule has 10 heteroatoms. The molecular formula is C19H15BrN4O4S. The zero-order valence-corrected chi connectivity index (χ0v) is 17.7. The molecule has 29 heavy (non-hydrogen) atoms. The van der Waals surface area contributed by atoms with Gasteiger partial charge in [-0.3, -0.25) is 23.4 Å². The molecule has 0 aliphatic heterocycles. The molecule has 8 nitrogen and oxygen atoms in total. The molecule has 148 valence electrons. The van der Waals surface area contributed by atoms with Crippen molar-refractivity contribution in [1.29, 1.82) is 0 Å². The Bertz CT molecular complexity index is 1360. The van der Waals surface area contributed by atoms with Gasteiger partial charge in [-0.1, -0.05) is 15.9 Å². The van der Waals surface area contributed by atoms with Gasteiger partial charge in [0, 0.05) is 28.2 Å². The van der Waals surface area contributed by atoms with E-state index in [1.165, 1.54) is 32.7 Å². The third kappa shape index (κ3) is 3.99. The second-order valence-corrected chi connectivity index (χ2v) is 8.15. The van der Waals surface area contributed by atoms with E-state index in [0.717, 1.165) is 10.2 Å². The second kappa shape index (κ2) is 7.88. The van der Waals surface area contributed by atoms with Crippen molar-refractivity contribution in [3.05, 3.63) is 72.5 Å². The van der Waals surface area contributed by atoms with E-state index >= 15 is 0 Å². The largest absolute Gasteiger partial charge is 0.459 e. The summed E-state index contributed by atoms with van der Waals surface area (Å²) in [5.74, 6) is -0.490. The van der Waals surface area contributed by atoms with Gasteiger partial charge in [0.2, 0.25) is 0 Å². The Morgan fingerprint density at radius 2 is 2.10 bits per heavy atom. The minimum Gasteiger partial charge on any atom is -0.459 e. The predicted molar refractivity (Wildman–Crippen MR) is 112 cm³/mol. The number of ether oxygens (including phenoxy) is 1. The fourth-order valence-corrected chi connectivity index (χ4v) is 4.16. The Balaban J connectivity index is 1.42. The lowest BCUT2D eigenvalue weighted by atomic mass is 10.2. The molecule has 0 fully saturated rings. The molecule has 0 N–H and O–H groups in total. The Hall–Kier alpha value is -2.85. The van der Waals surface area contributed by atoms with Crippen LogP contribution in [0.1, 0.15) is 17.8 Å². The lowest BCUT2D eigenvalue weighted by molar-refractivity contribution is -0.145. The molecule has 0 saturated carbocycles.